The molecule has 0 radical (unpaired) electrons. The number of alkyl halides is 2. The summed E-state index contributed by atoms with van der Waals surface area (Å²) in [4.78, 5) is 58.7. The van der Waals surface area contributed by atoms with E-state index in [1.807, 2.05) is 24.3 Å². The maximum absolute atomic E-state index is 13.7. The normalized spacial score (nSPS) is 20.0. The number of nitrogens with zero attached hydrogens (tertiary/aromatic N) is 5. The van der Waals surface area contributed by atoms with E-state index in [1.54, 1.807) is 26.0 Å². The minimum atomic E-state index is -2.88. The number of pyridine rings is 1. The quantitative estimate of drug-likeness (QED) is 0.282. The van der Waals surface area contributed by atoms with Gasteiger partial charge in [-0.15, -0.1) is 0 Å². The maximum Gasteiger partial charge on any atom is 0.269 e. The standard InChI is InChI=1S/C41H50F2N6O6/c1-25-30(22-32(38(42)43)40(52)45(25)2)28-19-35(54-3)33(36(20-28)55-4)24-47-17-15-46(16-18-47)12-9-26-10-13-48(14-11-26)29-6-5-27-23-49(41(53)31(27)21-29)34-7-8-37(50)44-39(34)51/h5-6,19-22,26,34,38H,7-18,23-24H2,1-4H3,(H,44,50,51). The molecule has 12 nitrogen and oxygen atoms in total. The van der Waals surface area contributed by atoms with Crippen molar-refractivity contribution in [3.05, 3.63) is 74.7 Å². The van der Waals surface area contributed by atoms with Gasteiger partial charge in [0.15, 0.2) is 0 Å². The van der Waals surface area contributed by atoms with Crippen molar-refractivity contribution in [3.8, 4) is 22.6 Å². The Hall–Kier alpha value is -4.82. The fourth-order valence-corrected chi connectivity index (χ4v) is 8.57. The van der Waals surface area contributed by atoms with Gasteiger partial charge in [-0.05, 0) is 86.5 Å². The summed E-state index contributed by atoms with van der Waals surface area (Å²) < 4.78 is 40.3. The molecule has 4 aliphatic heterocycles. The number of fused-ring (bicyclic) bond motifs is 1. The van der Waals surface area contributed by atoms with Crippen LogP contribution in [0.15, 0.2) is 41.2 Å². The van der Waals surface area contributed by atoms with Crippen molar-refractivity contribution in [1.82, 2.24) is 24.6 Å². The van der Waals surface area contributed by atoms with Crippen molar-refractivity contribution < 1.29 is 32.6 Å². The molecule has 2 aromatic carbocycles. The van der Waals surface area contributed by atoms with Gasteiger partial charge in [-0.1, -0.05) is 6.07 Å². The number of imide groups is 1. The molecule has 1 N–H and O–H groups in total. The molecule has 7 rings (SSSR count). The molecule has 1 atom stereocenters. The number of piperazine rings is 1. The van der Waals surface area contributed by atoms with Gasteiger partial charge >= 0.3 is 0 Å². The molecule has 14 heteroatoms. The Labute approximate surface area is 320 Å². The van der Waals surface area contributed by atoms with E-state index in [9.17, 15) is 28.0 Å². The van der Waals surface area contributed by atoms with Crippen molar-refractivity contribution >= 4 is 23.4 Å². The second-order valence-electron chi connectivity index (χ2n) is 15.2. The summed E-state index contributed by atoms with van der Waals surface area (Å²) in [7, 11) is 4.69. The van der Waals surface area contributed by atoms with Gasteiger partial charge < -0.3 is 28.7 Å². The van der Waals surface area contributed by atoms with Crippen LogP contribution in [0.3, 0.4) is 0 Å². The van der Waals surface area contributed by atoms with Crippen molar-refractivity contribution in [3.63, 3.8) is 0 Å². The van der Waals surface area contributed by atoms with Gasteiger partial charge in [0.1, 0.15) is 17.5 Å². The molecule has 4 aliphatic rings. The zero-order chi connectivity index (χ0) is 39.0. The number of carbonyl (C=O) groups is 3. The van der Waals surface area contributed by atoms with E-state index in [0.717, 1.165) is 81.9 Å². The van der Waals surface area contributed by atoms with Crippen LogP contribution in [0, 0.1) is 12.8 Å². The topological polar surface area (TPSA) is 117 Å². The summed E-state index contributed by atoms with van der Waals surface area (Å²) in [6.45, 7) is 9.34. The first kappa shape index (κ1) is 38.5. The van der Waals surface area contributed by atoms with Crippen molar-refractivity contribution in [2.75, 3.05) is 64.9 Å². The van der Waals surface area contributed by atoms with Crippen LogP contribution in [-0.2, 0) is 29.7 Å². The highest BCUT2D eigenvalue weighted by atomic mass is 19.3. The molecular formula is C41H50F2N6O6. The predicted molar refractivity (Wildman–Crippen MR) is 204 cm³/mol. The molecule has 1 aromatic heterocycles. The summed E-state index contributed by atoms with van der Waals surface area (Å²) in [5, 5.41) is 2.37. The molecule has 3 aromatic rings. The minimum absolute atomic E-state index is 0.140. The number of benzene rings is 2. The van der Waals surface area contributed by atoms with Crippen molar-refractivity contribution in [2.24, 2.45) is 13.0 Å². The number of methoxy groups -OCH3 is 2. The van der Waals surface area contributed by atoms with Gasteiger partial charge in [0.2, 0.25) is 11.8 Å². The Bertz CT molecular complexity index is 2000. The summed E-state index contributed by atoms with van der Waals surface area (Å²) in [5.74, 6) is 1.03. The van der Waals surface area contributed by atoms with Gasteiger partial charge in [0.25, 0.3) is 17.9 Å². The fraction of sp³-hybridized carbons (Fsp3) is 0.512. The number of anilines is 1. The van der Waals surface area contributed by atoms with Crippen LogP contribution in [0.1, 0.15) is 71.3 Å². The number of rotatable bonds is 11. The van der Waals surface area contributed by atoms with Gasteiger partial charge in [0.05, 0.1) is 25.3 Å². The van der Waals surface area contributed by atoms with E-state index in [0.29, 0.717) is 59.3 Å². The van der Waals surface area contributed by atoms with Crippen LogP contribution < -0.4 is 25.2 Å². The number of amides is 3. The summed E-state index contributed by atoms with van der Waals surface area (Å²) in [5.41, 5.74) is 4.01. The number of hydrogen-bond acceptors (Lipinski definition) is 9. The lowest BCUT2D eigenvalue weighted by Crippen LogP contribution is -2.52. The van der Waals surface area contributed by atoms with Crippen LogP contribution >= 0.6 is 0 Å². The van der Waals surface area contributed by atoms with Gasteiger partial charge in [-0.2, -0.15) is 0 Å². The van der Waals surface area contributed by atoms with E-state index in [4.69, 9.17) is 9.47 Å². The number of nitrogens with one attached hydrogen (secondary N) is 1. The summed E-state index contributed by atoms with van der Waals surface area (Å²) >= 11 is 0. The van der Waals surface area contributed by atoms with E-state index in [1.165, 1.54) is 17.7 Å². The SMILES string of the molecule is COc1cc(-c2cc(C(F)F)c(=O)n(C)c2C)cc(OC)c1CN1CCN(CCC2CCN(c3ccc4c(c3)C(=O)N(C3CCC(=O)NC3=O)C4)CC2)CC1. The van der Waals surface area contributed by atoms with E-state index >= 15 is 0 Å². The Balaban J connectivity index is 0.898. The molecule has 5 heterocycles. The Morgan fingerprint density at radius 1 is 0.855 bits per heavy atom. The molecule has 0 saturated carbocycles. The number of carbonyl (C=O) groups excluding carboxylic acids is 3. The van der Waals surface area contributed by atoms with Crippen LogP contribution in [-0.4, -0.2) is 103 Å². The molecular weight excluding hydrogens is 710 g/mol. The van der Waals surface area contributed by atoms with Crippen LogP contribution in [0.4, 0.5) is 14.5 Å². The fourth-order valence-electron chi connectivity index (χ4n) is 8.57. The molecule has 294 valence electrons. The van der Waals surface area contributed by atoms with Crippen LogP contribution in [0.25, 0.3) is 11.1 Å². The zero-order valence-electron chi connectivity index (χ0n) is 32.0. The Morgan fingerprint density at radius 3 is 2.16 bits per heavy atom. The van der Waals surface area contributed by atoms with E-state index < -0.39 is 29.5 Å². The van der Waals surface area contributed by atoms with E-state index in [2.05, 4.69) is 26.1 Å². The summed E-state index contributed by atoms with van der Waals surface area (Å²) in [6, 6.07) is 10.4. The molecule has 0 spiro atoms. The highest BCUT2D eigenvalue weighted by Gasteiger charge is 2.39. The average molecular weight is 761 g/mol. The third-order valence-corrected chi connectivity index (χ3v) is 12.1. The van der Waals surface area contributed by atoms with Crippen molar-refractivity contribution in [2.45, 2.75) is 64.6 Å². The van der Waals surface area contributed by atoms with Gasteiger partial charge in [-0.3, -0.25) is 29.4 Å². The van der Waals surface area contributed by atoms with Crippen LogP contribution in [0.5, 0.6) is 11.5 Å². The number of aromatic nitrogens is 1. The van der Waals surface area contributed by atoms with Gasteiger partial charge in [0, 0.05) is 88.3 Å². The minimum Gasteiger partial charge on any atom is -0.496 e. The third kappa shape index (κ3) is 7.84. The molecule has 3 saturated heterocycles. The van der Waals surface area contributed by atoms with Crippen LogP contribution in [0.2, 0.25) is 0 Å². The van der Waals surface area contributed by atoms with Crippen molar-refractivity contribution in [1.29, 1.82) is 0 Å². The zero-order valence-corrected chi connectivity index (χ0v) is 32.0. The first-order chi connectivity index (χ1) is 26.4. The smallest absolute Gasteiger partial charge is 0.269 e. The van der Waals surface area contributed by atoms with Gasteiger partial charge in [-0.25, -0.2) is 8.78 Å². The first-order valence-electron chi connectivity index (χ1n) is 19.2. The molecule has 55 heavy (non-hydrogen) atoms. The average Bonchev–Trinajstić information content (AvgIpc) is 3.51. The maximum atomic E-state index is 13.7. The number of hydrogen-bond donors (Lipinski definition) is 1. The molecule has 3 fully saturated rings. The number of halogens is 2. The molecule has 0 aliphatic carbocycles. The Kier molecular flexibility index (Phi) is 11.3. The number of piperidine rings is 2. The second-order valence-corrected chi connectivity index (χ2v) is 15.2. The third-order valence-electron chi connectivity index (χ3n) is 12.1. The second kappa shape index (κ2) is 16.1. The first-order valence-corrected chi connectivity index (χ1v) is 19.2. The van der Waals surface area contributed by atoms with E-state index in [-0.39, 0.29) is 18.2 Å². The Morgan fingerprint density at radius 2 is 1.53 bits per heavy atom. The molecule has 1 unspecified atom stereocenters. The highest BCUT2D eigenvalue weighted by Crippen LogP contribution is 2.38. The monoisotopic (exact) mass is 760 g/mol. The molecule has 0 bridgehead atoms. The molecule has 3 amide bonds. The summed E-state index contributed by atoms with van der Waals surface area (Å²) in [6.07, 6.45) is 1.03. The highest BCUT2D eigenvalue weighted by molar-refractivity contribution is 6.05. The lowest BCUT2D eigenvalue weighted by molar-refractivity contribution is -0.136. The largest absolute Gasteiger partial charge is 0.496 e. The lowest BCUT2D eigenvalue weighted by atomic mass is 9.92. The number of ether oxygens (including phenoxy) is 2. The lowest BCUT2D eigenvalue weighted by Gasteiger charge is -2.37. The predicted octanol–water partition coefficient (Wildman–Crippen LogP) is 4.50.